The molecular formula is C13H16F2N2. The molecule has 1 N–H and O–H groups in total. The molecule has 1 aromatic rings. The second-order valence-electron chi connectivity index (χ2n) is 4.94. The summed E-state index contributed by atoms with van der Waals surface area (Å²) < 4.78 is 26.7. The number of benzene rings is 1. The monoisotopic (exact) mass is 238 g/mol. The largest absolute Gasteiger partial charge is 0.365 e. The lowest BCUT2D eigenvalue weighted by Gasteiger charge is -2.34. The fraction of sp³-hybridized carbons (Fsp3) is 0.538. The van der Waals surface area contributed by atoms with Crippen LogP contribution >= 0.6 is 0 Å². The molecule has 0 unspecified atom stereocenters. The first-order valence-corrected chi connectivity index (χ1v) is 6.09. The highest BCUT2D eigenvalue weighted by molar-refractivity contribution is 5.52. The van der Waals surface area contributed by atoms with Crippen LogP contribution in [0.15, 0.2) is 18.2 Å². The second-order valence-corrected chi connectivity index (χ2v) is 4.94. The van der Waals surface area contributed by atoms with Crippen molar-refractivity contribution in [1.82, 2.24) is 5.32 Å². The summed E-state index contributed by atoms with van der Waals surface area (Å²) in [6, 6.07) is 6.07. The molecule has 0 atom stereocenters. The van der Waals surface area contributed by atoms with Gasteiger partial charge in [-0.2, -0.15) is 0 Å². The minimum absolute atomic E-state index is 0.0238. The van der Waals surface area contributed by atoms with Crippen LogP contribution in [-0.2, 0) is 13.1 Å². The lowest BCUT2D eigenvalue weighted by molar-refractivity contribution is -0.0116. The first-order chi connectivity index (χ1) is 8.14. The number of hydrogen-bond acceptors (Lipinski definition) is 2. The average molecular weight is 238 g/mol. The van der Waals surface area contributed by atoms with Gasteiger partial charge in [-0.3, -0.25) is 0 Å². The Hall–Kier alpha value is -1.16. The molecule has 0 amide bonds. The molecule has 1 aromatic carbocycles. The Morgan fingerprint density at radius 2 is 2.00 bits per heavy atom. The number of nitrogens with zero attached hydrogens (tertiary/aromatic N) is 1. The van der Waals surface area contributed by atoms with Crippen LogP contribution in [0.5, 0.6) is 0 Å². The topological polar surface area (TPSA) is 15.3 Å². The number of hydrogen-bond donors (Lipinski definition) is 1. The highest BCUT2D eigenvalue weighted by Crippen LogP contribution is 2.31. The van der Waals surface area contributed by atoms with Gasteiger partial charge in [0.25, 0.3) is 5.92 Å². The zero-order valence-corrected chi connectivity index (χ0v) is 9.68. The number of nitrogens with one attached hydrogen (secondary N) is 1. The van der Waals surface area contributed by atoms with Crippen LogP contribution in [0.1, 0.15) is 24.0 Å². The van der Waals surface area contributed by atoms with Crippen LogP contribution in [0, 0.1) is 0 Å². The van der Waals surface area contributed by atoms with Crippen LogP contribution in [0.4, 0.5) is 14.5 Å². The lowest BCUT2D eigenvalue weighted by Crippen LogP contribution is -2.42. The van der Waals surface area contributed by atoms with E-state index in [0.717, 1.165) is 25.3 Å². The highest BCUT2D eigenvalue weighted by atomic mass is 19.3. The Bertz CT molecular complexity index is 431. The summed E-state index contributed by atoms with van der Waals surface area (Å²) in [4.78, 5) is 1.81. The van der Waals surface area contributed by atoms with E-state index in [1.165, 1.54) is 11.1 Å². The van der Waals surface area contributed by atoms with Gasteiger partial charge in [0.05, 0.1) is 6.54 Å². The van der Waals surface area contributed by atoms with Gasteiger partial charge in [-0.05, 0) is 29.7 Å². The SMILES string of the molecule is FC1(F)CCCN(c2ccc3c(c2)CNC3)C1. The maximum atomic E-state index is 13.4. The molecule has 4 heteroatoms. The molecule has 17 heavy (non-hydrogen) atoms. The van der Waals surface area contributed by atoms with Crippen molar-refractivity contribution in [2.75, 3.05) is 18.0 Å². The van der Waals surface area contributed by atoms with Crippen LogP contribution in [0.2, 0.25) is 0 Å². The first kappa shape index (κ1) is 11.0. The van der Waals surface area contributed by atoms with E-state index in [1.807, 2.05) is 11.0 Å². The van der Waals surface area contributed by atoms with Crippen LogP contribution in [0.25, 0.3) is 0 Å². The van der Waals surface area contributed by atoms with Gasteiger partial charge in [-0.25, -0.2) is 8.78 Å². The molecule has 0 saturated carbocycles. The lowest BCUT2D eigenvalue weighted by atomic mass is 10.0. The van der Waals surface area contributed by atoms with Crippen molar-refractivity contribution < 1.29 is 8.78 Å². The van der Waals surface area contributed by atoms with Crippen molar-refractivity contribution in [1.29, 1.82) is 0 Å². The molecule has 0 bridgehead atoms. The second kappa shape index (κ2) is 3.95. The van der Waals surface area contributed by atoms with E-state index in [1.54, 1.807) is 0 Å². The third kappa shape index (κ3) is 2.14. The molecule has 0 radical (unpaired) electrons. The van der Waals surface area contributed by atoms with E-state index in [9.17, 15) is 8.78 Å². The molecule has 2 aliphatic rings. The third-order valence-electron chi connectivity index (χ3n) is 3.58. The predicted octanol–water partition coefficient (Wildman–Crippen LogP) is 2.53. The number of halogens is 2. The van der Waals surface area contributed by atoms with Crippen molar-refractivity contribution in [2.24, 2.45) is 0 Å². The van der Waals surface area contributed by atoms with Gasteiger partial charge >= 0.3 is 0 Å². The molecule has 1 saturated heterocycles. The van der Waals surface area contributed by atoms with Crippen molar-refractivity contribution >= 4 is 5.69 Å². The summed E-state index contributed by atoms with van der Waals surface area (Å²) in [5.74, 6) is -2.53. The molecule has 3 rings (SSSR count). The third-order valence-corrected chi connectivity index (χ3v) is 3.58. The molecule has 1 fully saturated rings. The van der Waals surface area contributed by atoms with Crippen LogP contribution in [0.3, 0.4) is 0 Å². The van der Waals surface area contributed by atoms with E-state index < -0.39 is 5.92 Å². The number of alkyl halides is 2. The maximum Gasteiger partial charge on any atom is 0.265 e. The van der Waals surface area contributed by atoms with Crippen molar-refractivity contribution in [3.05, 3.63) is 29.3 Å². The molecule has 0 aromatic heterocycles. The van der Waals surface area contributed by atoms with Gasteiger partial charge in [-0.1, -0.05) is 6.07 Å². The van der Waals surface area contributed by atoms with Crippen molar-refractivity contribution in [3.63, 3.8) is 0 Å². The highest BCUT2D eigenvalue weighted by Gasteiger charge is 2.35. The summed E-state index contributed by atoms with van der Waals surface area (Å²) in [7, 11) is 0. The fourth-order valence-corrected chi connectivity index (χ4v) is 2.66. The summed E-state index contributed by atoms with van der Waals surface area (Å²) in [5.41, 5.74) is 3.47. The summed E-state index contributed by atoms with van der Waals surface area (Å²) in [6.07, 6.45) is 0.596. The number of piperidine rings is 1. The Labute approximate surface area is 99.6 Å². The van der Waals surface area contributed by atoms with Crippen LogP contribution in [-0.4, -0.2) is 19.0 Å². The molecule has 2 heterocycles. The molecule has 0 spiro atoms. The van der Waals surface area contributed by atoms with E-state index in [2.05, 4.69) is 17.4 Å². The average Bonchev–Trinajstić information content (AvgIpc) is 2.74. The van der Waals surface area contributed by atoms with E-state index in [-0.39, 0.29) is 13.0 Å². The van der Waals surface area contributed by atoms with Crippen molar-refractivity contribution in [3.8, 4) is 0 Å². The summed E-state index contributed by atoms with van der Waals surface area (Å²) >= 11 is 0. The zero-order valence-electron chi connectivity index (χ0n) is 9.68. The van der Waals surface area contributed by atoms with E-state index in [4.69, 9.17) is 0 Å². The number of anilines is 1. The standard InChI is InChI=1S/C13H16F2N2/c14-13(15)4-1-5-17(9-13)12-3-2-10-7-16-8-11(10)6-12/h2-3,6,16H,1,4-5,7-9H2. The fourth-order valence-electron chi connectivity index (χ4n) is 2.66. The van der Waals surface area contributed by atoms with E-state index in [0.29, 0.717) is 6.42 Å². The van der Waals surface area contributed by atoms with Gasteiger partial charge in [0, 0.05) is 31.7 Å². The summed E-state index contributed by atoms with van der Waals surface area (Å²) in [5, 5.41) is 3.27. The number of fused-ring (bicyclic) bond motifs is 1. The van der Waals surface area contributed by atoms with E-state index >= 15 is 0 Å². The molecular weight excluding hydrogens is 222 g/mol. The van der Waals surface area contributed by atoms with Gasteiger partial charge in [0.15, 0.2) is 0 Å². The summed E-state index contributed by atoms with van der Waals surface area (Å²) in [6.45, 7) is 2.35. The Kier molecular flexibility index (Phi) is 2.54. The Balaban J connectivity index is 1.84. The Morgan fingerprint density at radius 3 is 2.82 bits per heavy atom. The van der Waals surface area contributed by atoms with Crippen LogP contribution < -0.4 is 10.2 Å². The van der Waals surface area contributed by atoms with Gasteiger partial charge in [0.1, 0.15) is 0 Å². The molecule has 2 aliphatic heterocycles. The minimum Gasteiger partial charge on any atom is -0.365 e. The van der Waals surface area contributed by atoms with Crippen molar-refractivity contribution in [2.45, 2.75) is 31.9 Å². The normalized spacial score (nSPS) is 22.6. The Morgan fingerprint density at radius 1 is 1.18 bits per heavy atom. The first-order valence-electron chi connectivity index (χ1n) is 6.09. The molecule has 2 nitrogen and oxygen atoms in total. The maximum absolute atomic E-state index is 13.4. The number of rotatable bonds is 1. The van der Waals surface area contributed by atoms with Gasteiger partial charge in [0.2, 0.25) is 0 Å². The molecule has 92 valence electrons. The zero-order chi connectivity index (χ0) is 11.9. The molecule has 0 aliphatic carbocycles. The predicted molar refractivity (Wildman–Crippen MR) is 63.4 cm³/mol. The minimum atomic E-state index is -2.53. The smallest absolute Gasteiger partial charge is 0.265 e. The van der Waals surface area contributed by atoms with Gasteiger partial charge in [-0.15, -0.1) is 0 Å². The van der Waals surface area contributed by atoms with Gasteiger partial charge < -0.3 is 10.2 Å². The quantitative estimate of drug-likeness (QED) is 0.808.